The van der Waals surface area contributed by atoms with Crippen LogP contribution in [-0.2, 0) is 9.59 Å². The maximum Gasteiger partial charge on any atom is 1.00 e. The fraction of sp³-hybridized carbons (Fsp3) is 0.273. The number of benzene rings is 2. The molecule has 146 valence electrons. The van der Waals surface area contributed by atoms with Gasteiger partial charge in [-0.25, -0.2) is 4.79 Å². The topological polar surface area (TPSA) is 89.9 Å². The first-order valence-corrected chi connectivity index (χ1v) is 9.24. The van der Waals surface area contributed by atoms with E-state index in [9.17, 15) is 14.7 Å². The Morgan fingerprint density at radius 2 is 1.57 bits per heavy atom. The quantitative estimate of drug-likeness (QED) is 0.819. The molecule has 4 rings (SSSR count). The second-order valence-electron chi connectivity index (χ2n) is 6.73. The van der Waals surface area contributed by atoms with E-state index in [2.05, 4.69) is 53.4 Å². The molecule has 0 amide bonds. The molecule has 0 saturated carbocycles. The number of para-hydroxylation sites is 2. The smallest absolute Gasteiger partial charge is 0.545 e. The van der Waals surface area contributed by atoms with Crippen molar-refractivity contribution in [3.8, 4) is 11.5 Å². The van der Waals surface area contributed by atoms with Gasteiger partial charge in [-0.2, -0.15) is 0 Å². The van der Waals surface area contributed by atoms with E-state index in [0.29, 0.717) is 18.1 Å². The number of rotatable bonds is 4. The van der Waals surface area contributed by atoms with Crippen molar-refractivity contribution in [2.45, 2.75) is 18.8 Å². The Kier molecular flexibility index (Phi) is 6.45. The summed E-state index contributed by atoms with van der Waals surface area (Å²) in [5.41, 5.74) is 2.66. The highest BCUT2D eigenvalue weighted by atomic mass is 16.5. The number of carboxylic acids is 2. The van der Waals surface area contributed by atoms with E-state index in [1.165, 1.54) is 37.1 Å². The molecule has 1 N–H and O–H groups in total. The minimum Gasteiger partial charge on any atom is -0.545 e. The summed E-state index contributed by atoms with van der Waals surface area (Å²) >= 11 is 0. The molecule has 6 heteroatoms. The lowest BCUT2D eigenvalue weighted by atomic mass is 9.87. The van der Waals surface area contributed by atoms with Gasteiger partial charge in [0.1, 0.15) is 11.5 Å². The summed E-state index contributed by atoms with van der Waals surface area (Å²) in [7, 11) is 0. The average Bonchev–Trinajstić information content (AvgIpc) is 3.20. The molecule has 28 heavy (non-hydrogen) atoms. The zero-order valence-electron chi connectivity index (χ0n) is 16.4. The van der Waals surface area contributed by atoms with Crippen molar-refractivity contribution < 1.29 is 26.0 Å². The zero-order valence-corrected chi connectivity index (χ0v) is 15.4. The molecule has 1 fully saturated rings. The summed E-state index contributed by atoms with van der Waals surface area (Å²) in [5, 5.41) is 17.2. The largest absolute Gasteiger partial charge is 1.00 e. The van der Waals surface area contributed by atoms with E-state index in [1.807, 2.05) is 0 Å². The van der Waals surface area contributed by atoms with Crippen molar-refractivity contribution in [2.75, 3.05) is 19.6 Å². The summed E-state index contributed by atoms with van der Waals surface area (Å²) in [6.07, 6.45) is 3.62. The highest BCUT2D eigenvalue weighted by Crippen LogP contribution is 2.44. The summed E-state index contributed by atoms with van der Waals surface area (Å²) in [6.45, 7) is 3.58. The molecular formula is C22H23NO5. The summed E-state index contributed by atoms with van der Waals surface area (Å²) in [6, 6.07) is 16.9. The number of carboxylic acid groups (broad SMARTS) is 2. The van der Waals surface area contributed by atoms with Crippen LogP contribution in [0, 0.1) is 0 Å². The maximum absolute atomic E-state index is 9.53. The molecule has 0 aliphatic carbocycles. The molecule has 0 unspecified atom stereocenters. The van der Waals surface area contributed by atoms with Gasteiger partial charge in [0.2, 0.25) is 0 Å². The van der Waals surface area contributed by atoms with E-state index >= 15 is 0 Å². The molecule has 2 heterocycles. The Morgan fingerprint density at radius 3 is 2.04 bits per heavy atom. The van der Waals surface area contributed by atoms with Crippen LogP contribution >= 0.6 is 0 Å². The molecule has 0 bridgehead atoms. The third-order valence-electron chi connectivity index (χ3n) is 4.81. The normalized spacial score (nSPS) is 15.9. The van der Waals surface area contributed by atoms with Gasteiger partial charge < -0.3 is 24.6 Å². The molecule has 2 aliphatic rings. The van der Waals surface area contributed by atoms with E-state index in [4.69, 9.17) is 9.84 Å². The van der Waals surface area contributed by atoms with Crippen molar-refractivity contribution in [2.24, 2.45) is 0 Å². The summed E-state index contributed by atoms with van der Waals surface area (Å²) in [5.74, 6) is -0.318. The van der Waals surface area contributed by atoms with Gasteiger partial charge in [0, 0.05) is 29.7 Å². The maximum atomic E-state index is 9.53. The van der Waals surface area contributed by atoms with Gasteiger partial charge in [0.05, 0.1) is 5.97 Å². The number of fused-ring (bicyclic) bond motifs is 2. The number of nitrogens with zero attached hydrogens (tertiary/aromatic N) is 1. The van der Waals surface area contributed by atoms with Crippen LogP contribution in [-0.4, -0.2) is 41.6 Å². The van der Waals surface area contributed by atoms with Crippen molar-refractivity contribution in [3.63, 3.8) is 0 Å². The third-order valence-corrected chi connectivity index (χ3v) is 4.81. The summed E-state index contributed by atoms with van der Waals surface area (Å²) in [4.78, 5) is 21.6. The molecule has 2 aromatic carbocycles. The molecule has 1 saturated heterocycles. The van der Waals surface area contributed by atoms with Crippen LogP contribution in [0.4, 0.5) is 0 Å². The Hall–Kier alpha value is -3.12. The second kappa shape index (κ2) is 9.19. The third kappa shape index (κ3) is 4.98. The SMILES string of the molecule is O=C([O-])/C=C/C(=O)O.[H+].c1ccc2c(c1)Oc1ccccc1C2CN1CCCC1. The molecule has 2 aromatic rings. The second-order valence-corrected chi connectivity index (χ2v) is 6.73. The first kappa shape index (κ1) is 19.6. The summed E-state index contributed by atoms with van der Waals surface area (Å²) < 4.78 is 6.05. The van der Waals surface area contributed by atoms with Crippen molar-refractivity contribution in [3.05, 3.63) is 71.8 Å². The van der Waals surface area contributed by atoms with Gasteiger partial charge in [-0.15, -0.1) is 0 Å². The standard InChI is InChI=1S/C18H19NO.C4H4O4/c1-3-9-17-14(7-1)16(13-19-11-5-6-12-19)15-8-2-4-10-18(15)20-17;5-3(6)1-2-4(7)8/h1-4,7-10,16H,5-6,11-13H2;1-2H,(H,5,6)(H,7,8)/b;2-1+. The Balaban J connectivity index is 0.000000289. The van der Waals surface area contributed by atoms with Gasteiger partial charge in [0.15, 0.2) is 0 Å². The van der Waals surface area contributed by atoms with Gasteiger partial charge in [-0.3, -0.25) is 0 Å². The highest BCUT2D eigenvalue weighted by molar-refractivity contribution is 5.88. The molecule has 0 spiro atoms. The molecule has 6 nitrogen and oxygen atoms in total. The predicted molar refractivity (Wildman–Crippen MR) is 103 cm³/mol. The average molecular weight is 381 g/mol. The highest BCUT2D eigenvalue weighted by Gasteiger charge is 2.28. The first-order chi connectivity index (χ1) is 13.5. The van der Waals surface area contributed by atoms with Crippen molar-refractivity contribution >= 4 is 11.9 Å². The van der Waals surface area contributed by atoms with Crippen molar-refractivity contribution in [1.29, 1.82) is 0 Å². The lowest BCUT2D eigenvalue weighted by Crippen LogP contribution is -2.27. The number of carbonyl (C=O) groups excluding carboxylic acids is 1. The van der Waals surface area contributed by atoms with Crippen LogP contribution in [0.15, 0.2) is 60.7 Å². The van der Waals surface area contributed by atoms with E-state index in [0.717, 1.165) is 18.0 Å². The predicted octanol–water partition coefficient (Wildman–Crippen LogP) is 2.51. The molecule has 0 radical (unpaired) electrons. The Morgan fingerprint density at radius 1 is 1.04 bits per heavy atom. The number of hydrogen-bond acceptors (Lipinski definition) is 5. The Bertz CT molecular complexity index is 816. The van der Waals surface area contributed by atoms with Crippen LogP contribution in [0.5, 0.6) is 11.5 Å². The zero-order chi connectivity index (χ0) is 19.9. The molecule has 2 aliphatic heterocycles. The van der Waals surface area contributed by atoms with Crippen LogP contribution in [0.1, 0.15) is 31.3 Å². The van der Waals surface area contributed by atoms with Crippen LogP contribution in [0.25, 0.3) is 0 Å². The van der Waals surface area contributed by atoms with Crippen LogP contribution < -0.4 is 9.84 Å². The van der Waals surface area contributed by atoms with E-state index in [-0.39, 0.29) is 1.43 Å². The van der Waals surface area contributed by atoms with E-state index in [1.54, 1.807) is 0 Å². The number of carbonyl (C=O) groups is 2. The fourth-order valence-electron chi connectivity index (χ4n) is 3.57. The lowest BCUT2D eigenvalue weighted by molar-refractivity contribution is -0.297. The van der Waals surface area contributed by atoms with Crippen LogP contribution in [0.2, 0.25) is 0 Å². The monoisotopic (exact) mass is 381 g/mol. The Labute approximate surface area is 165 Å². The van der Waals surface area contributed by atoms with Gasteiger partial charge in [0.25, 0.3) is 0 Å². The minimum atomic E-state index is -1.51. The van der Waals surface area contributed by atoms with E-state index < -0.39 is 11.9 Å². The molecule has 0 aromatic heterocycles. The lowest BCUT2D eigenvalue weighted by Gasteiger charge is -2.31. The fourth-order valence-corrected chi connectivity index (χ4v) is 3.57. The van der Waals surface area contributed by atoms with Gasteiger partial charge >= 0.3 is 7.40 Å². The van der Waals surface area contributed by atoms with Gasteiger partial charge in [-0.05, 0) is 44.1 Å². The number of likely N-dealkylation sites (tertiary alicyclic amines) is 1. The molecule has 0 atom stereocenters. The number of hydrogen-bond donors (Lipinski definition) is 1. The number of ether oxygens (including phenoxy) is 1. The van der Waals surface area contributed by atoms with Crippen LogP contribution in [0.3, 0.4) is 0 Å². The van der Waals surface area contributed by atoms with Crippen molar-refractivity contribution in [1.82, 2.24) is 4.90 Å². The van der Waals surface area contributed by atoms with Gasteiger partial charge in [-0.1, -0.05) is 36.4 Å². The minimum absolute atomic E-state index is 0. The number of aliphatic carboxylic acids is 2. The molecular weight excluding hydrogens is 358 g/mol. The first-order valence-electron chi connectivity index (χ1n) is 9.24.